The number of ketones is 1. The largest absolute Gasteiger partial charge is 0.298 e. The number of carbonyl (C=O) groups is 1. The smallest absolute Gasteiger partial charge is 0.154 e. The first-order valence-electron chi connectivity index (χ1n) is 14.2. The van der Waals surface area contributed by atoms with Crippen LogP contribution in [0, 0.1) is 22.8 Å². The van der Waals surface area contributed by atoms with E-state index < -0.39 is 13.5 Å². The number of carbonyl (C=O) groups excluding carboxylic acids is 1. The summed E-state index contributed by atoms with van der Waals surface area (Å²) in [4.78, 5) is 14.1. The predicted molar refractivity (Wildman–Crippen MR) is 153 cm³/mol. The molecule has 1 aliphatic rings. The molecule has 0 saturated heterocycles. The average Bonchev–Trinajstić information content (AvgIpc) is 3.19. The zero-order valence-corrected chi connectivity index (χ0v) is 23.5. The van der Waals surface area contributed by atoms with Crippen LogP contribution in [0.25, 0.3) is 0 Å². The molecule has 0 unspecified atom stereocenters. The van der Waals surface area contributed by atoms with Gasteiger partial charge in [-0.2, -0.15) is 0 Å². The molecule has 2 aromatic rings. The molecule has 0 spiro atoms. The minimum absolute atomic E-state index is 0.0911. The van der Waals surface area contributed by atoms with Gasteiger partial charge in [0.25, 0.3) is 0 Å². The van der Waals surface area contributed by atoms with Crippen molar-refractivity contribution in [3.05, 3.63) is 71.8 Å². The summed E-state index contributed by atoms with van der Waals surface area (Å²) < 4.78 is 0. The van der Waals surface area contributed by atoms with Crippen molar-refractivity contribution >= 4 is 13.9 Å². The molecular formula is C33H46OSi. The van der Waals surface area contributed by atoms with Gasteiger partial charge in [0.05, 0.1) is 5.41 Å². The van der Waals surface area contributed by atoms with E-state index >= 15 is 0 Å². The second kappa shape index (κ2) is 13.8. The Labute approximate surface area is 216 Å². The van der Waals surface area contributed by atoms with Crippen LogP contribution < -0.4 is 0 Å². The fourth-order valence-electron chi connectivity index (χ4n) is 5.81. The van der Waals surface area contributed by atoms with Gasteiger partial charge in [-0.15, -0.1) is 5.54 Å². The highest BCUT2D eigenvalue weighted by molar-refractivity contribution is 6.87. The lowest BCUT2D eigenvalue weighted by Crippen LogP contribution is -2.35. The maximum absolute atomic E-state index is 14.1. The number of hydrogen-bond acceptors (Lipinski definition) is 1. The Kier molecular flexibility index (Phi) is 10.9. The van der Waals surface area contributed by atoms with Crippen molar-refractivity contribution < 1.29 is 4.79 Å². The standard InChI is InChI=1S/C33H46OSi/c1-4-7-23-35(24-8-5-2,25-9-6-3)26-22-33(28-30-18-14-11-15-19-30)21-20-31(32(33)34)27-29-16-12-10-13-17-29/h10-19,31H,4-9,20-21,23-25,27-28H2,1-3H3/t31-,33+/m0/s1. The van der Waals surface area contributed by atoms with Gasteiger partial charge in [-0.05, 0) is 54.9 Å². The zero-order chi connectivity index (χ0) is 25.0. The zero-order valence-electron chi connectivity index (χ0n) is 22.5. The summed E-state index contributed by atoms with van der Waals surface area (Å²) in [5.74, 6) is 4.33. The predicted octanol–water partition coefficient (Wildman–Crippen LogP) is 8.83. The molecule has 1 aliphatic carbocycles. The number of rotatable bonds is 13. The van der Waals surface area contributed by atoms with Gasteiger partial charge in [0, 0.05) is 5.92 Å². The van der Waals surface area contributed by atoms with Crippen molar-refractivity contribution in [3.63, 3.8) is 0 Å². The van der Waals surface area contributed by atoms with Crippen LogP contribution in [0.4, 0.5) is 0 Å². The lowest BCUT2D eigenvalue weighted by Gasteiger charge is -2.28. The minimum Gasteiger partial charge on any atom is -0.298 e. The number of hydrogen-bond donors (Lipinski definition) is 0. The third-order valence-electron chi connectivity index (χ3n) is 8.03. The van der Waals surface area contributed by atoms with Crippen LogP contribution in [-0.4, -0.2) is 13.9 Å². The van der Waals surface area contributed by atoms with Crippen LogP contribution in [0.5, 0.6) is 0 Å². The highest BCUT2D eigenvalue weighted by atomic mass is 28.3. The van der Waals surface area contributed by atoms with Crippen molar-refractivity contribution in [1.82, 2.24) is 0 Å². The molecule has 1 nitrogen and oxygen atoms in total. The molecule has 0 heterocycles. The molecule has 0 N–H and O–H groups in total. The van der Waals surface area contributed by atoms with E-state index in [9.17, 15) is 4.79 Å². The first-order chi connectivity index (χ1) is 17.1. The van der Waals surface area contributed by atoms with Crippen LogP contribution >= 0.6 is 0 Å². The Hall–Kier alpha value is -2.11. The van der Waals surface area contributed by atoms with Crippen molar-refractivity contribution in [2.24, 2.45) is 11.3 Å². The molecule has 1 fully saturated rings. The maximum Gasteiger partial charge on any atom is 0.154 e. The van der Waals surface area contributed by atoms with Crippen molar-refractivity contribution in [2.75, 3.05) is 0 Å². The molecule has 2 heteroatoms. The van der Waals surface area contributed by atoms with Crippen LogP contribution in [0.15, 0.2) is 60.7 Å². The summed E-state index contributed by atoms with van der Waals surface area (Å²) in [5.41, 5.74) is 6.03. The second-order valence-electron chi connectivity index (χ2n) is 10.9. The van der Waals surface area contributed by atoms with Crippen molar-refractivity contribution in [3.8, 4) is 11.5 Å². The van der Waals surface area contributed by atoms with E-state index in [1.807, 2.05) is 0 Å². The van der Waals surface area contributed by atoms with Crippen LogP contribution in [0.3, 0.4) is 0 Å². The molecule has 1 saturated carbocycles. The highest BCUT2D eigenvalue weighted by Gasteiger charge is 2.47. The molecule has 0 amide bonds. The fraction of sp³-hybridized carbons (Fsp3) is 0.545. The molecule has 2 atom stereocenters. The summed E-state index contributed by atoms with van der Waals surface area (Å²) in [7, 11) is -1.73. The summed E-state index contributed by atoms with van der Waals surface area (Å²) in [6, 6.07) is 25.1. The molecule has 0 bridgehead atoms. The highest BCUT2D eigenvalue weighted by Crippen LogP contribution is 2.43. The molecule has 188 valence electrons. The van der Waals surface area contributed by atoms with E-state index in [1.165, 1.54) is 67.8 Å². The average molecular weight is 487 g/mol. The Bertz CT molecular complexity index is 933. The first-order valence-corrected chi connectivity index (χ1v) is 16.8. The second-order valence-corrected chi connectivity index (χ2v) is 15.2. The Morgan fingerprint density at radius 1 is 0.800 bits per heavy atom. The van der Waals surface area contributed by atoms with Gasteiger partial charge in [-0.3, -0.25) is 4.79 Å². The van der Waals surface area contributed by atoms with E-state index in [0.717, 1.165) is 25.7 Å². The van der Waals surface area contributed by atoms with E-state index in [2.05, 4.69) is 92.9 Å². The quantitative estimate of drug-likeness (QED) is 0.204. The van der Waals surface area contributed by atoms with Crippen LogP contribution in [-0.2, 0) is 17.6 Å². The summed E-state index contributed by atoms with van der Waals surface area (Å²) in [6.45, 7) is 6.91. The van der Waals surface area contributed by atoms with Crippen LogP contribution in [0.1, 0.15) is 83.3 Å². The lowest BCUT2D eigenvalue weighted by atomic mass is 9.78. The maximum atomic E-state index is 14.1. The van der Waals surface area contributed by atoms with Gasteiger partial charge in [0.2, 0.25) is 0 Å². The Morgan fingerprint density at radius 3 is 1.83 bits per heavy atom. The number of benzene rings is 2. The third kappa shape index (κ3) is 7.68. The molecule has 35 heavy (non-hydrogen) atoms. The minimum atomic E-state index is -1.73. The number of unbranched alkanes of at least 4 members (excludes halogenated alkanes) is 3. The van der Waals surface area contributed by atoms with Gasteiger partial charge < -0.3 is 0 Å². The molecule has 2 aromatic carbocycles. The van der Waals surface area contributed by atoms with Gasteiger partial charge in [-0.1, -0.05) is 126 Å². The van der Waals surface area contributed by atoms with Crippen molar-refractivity contribution in [2.45, 2.75) is 103 Å². The molecule has 0 aliphatic heterocycles. The van der Waals surface area contributed by atoms with Gasteiger partial charge in [0.15, 0.2) is 5.78 Å². The summed E-state index contributed by atoms with van der Waals surface area (Å²) in [5, 5.41) is 0. The van der Waals surface area contributed by atoms with Gasteiger partial charge in [-0.25, -0.2) is 0 Å². The SMILES string of the molecule is CCCC[Si](C#C[C@@]1(Cc2ccccc2)CC[C@@H](Cc2ccccc2)C1=O)(CCCC)CCCC. The Balaban J connectivity index is 1.96. The molecule has 0 radical (unpaired) electrons. The fourth-order valence-corrected chi connectivity index (χ4v) is 10.5. The molecule has 0 aromatic heterocycles. The van der Waals surface area contributed by atoms with E-state index in [1.54, 1.807) is 0 Å². The molecule has 3 rings (SSSR count). The van der Waals surface area contributed by atoms with E-state index in [0.29, 0.717) is 5.78 Å². The van der Waals surface area contributed by atoms with E-state index in [4.69, 9.17) is 0 Å². The normalized spacial score (nSPS) is 20.0. The first kappa shape index (κ1) is 27.5. The topological polar surface area (TPSA) is 17.1 Å². The Morgan fingerprint density at radius 2 is 1.31 bits per heavy atom. The third-order valence-corrected chi connectivity index (χ3v) is 12.6. The number of Topliss-reactive ketones (excluding diaryl/α,β-unsaturated/α-hetero) is 1. The van der Waals surface area contributed by atoms with Crippen molar-refractivity contribution in [1.29, 1.82) is 0 Å². The summed E-state index contributed by atoms with van der Waals surface area (Å²) in [6.07, 6.45) is 11.0. The summed E-state index contributed by atoms with van der Waals surface area (Å²) >= 11 is 0. The molecular weight excluding hydrogens is 440 g/mol. The monoisotopic (exact) mass is 486 g/mol. The van der Waals surface area contributed by atoms with Gasteiger partial charge >= 0.3 is 0 Å². The van der Waals surface area contributed by atoms with Gasteiger partial charge in [0.1, 0.15) is 8.07 Å². The van der Waals surface area contributed by atoms with Crippen LogP contribution in [0.2, 0.25) is 18.1 Å². The van der Waals surface area contributed by atoms with E-state index in [-0.39, 0.29) is 5.92 Å². The lowest BCUT2D eigenvalue weighted by molar-refractivity contribution is -0.126.